The summed E-state index contributed by atoms with van der Waals surface area (Å²) in [5.41, 5.74) is 5.72. The number of nitrogens with one attached hydrogen (secondary N) is 2. The average Bonchev–Trinajstić information content (AvgIpc) is 2.71. The number of hydrogen-bond acceptors (Lipinski definition) is 6. The van der Waals surface area contributed by atoms with Crippen LogP contribution in [-0.2, 0) is 0 Å². The Morgan fingerprint density at radius 3 is 2.88 bits per heavy atom. The number of aromatic nitrogens is 1. The van der Waals surface area contributed by atoms with Crippen molar-refractivity contribution in [3.8, 4) is 0 Å². The van der Waals surface area contributed by atoms with Gasteiger partial charge < -0.3 is 21.3 Å². The minimum absolute atomic E-state index is 0.170. The molecule has 88 valence electrons. The van der Waals surface area contributed by atoms with Crippen LogP contribution in [0.25, 0.3) is 0 Å². The van der Waals surface area contributed by atoms with Crippen molar-refractivity contribution in [2.75, 3.05) is 43.9 Å². The van der Waals surface area contributed by atoms with Crippen LogP contribution in [0.5, 0.6) is 0 Å². The van der Waals surface area contributed by atoms with Crippen molar-refractivity contribution in [1.29, 1.82) is 0 Å². The molecule has 0 aliphatic carbocycles. The van der Waals surface area contributed by atoms with Crippen LogP contribution in [0.3, 0.4) is 0 Å². The Hall–Kier alpha value is -1.34. The number of nitrogen functional groups attached to an aromatic ring is 1. The number of nitrogens with two attached hydrogens (primary N) is 1. The number of hydrogen-bond donors (Lipinski definition) is 3. The van der Waals surface area contributed by atoms with Crippen molar-refractivity contribution in [3.05, 3.63) is 4.88 Å². The third kappa shape index (κ3) is 2.10. The van der Waals surface area contributed by atoms with E-state index in [4.69, 9.17) is 5.73 Å². The fourth-order valence-corrected chi connectivity index (χ4v) is 2.57. The Morgan fingerprint density at radius 1 is 1.56 bits per heavy atom. The van der Waals surface area contributed by atoms with E-state index in [1.165, 1.54) is 11.3 Å². The predicted molar refractivity (Wildman–Crippen MR) is 65.0 cm³/mol. The van der Waals surface area contributed by atoms with Crippen molar-refractivity contribution in [2.24, 2.45) is 0 Å². The van der Waals surface area contributed by atoms with Crippen molar-refractivity contribution >= 4 is 28.2 Å². The lowest BCUT2D eigenvalue weighted by Gasteiger charge is -2.26. The minimum atomic E-state index is -0.170. The number of thiazole rings is 1. The molecule has 1 aromatic heterocycles. The molecule has 0 spiro atoms. The van der Waals surface area contributed by atoms with Crippen LogP contribution in [0.1, 0.15) is 9.67 Å². The number of amides is 1. The highest BCUT2D eigenvalue weighted by molar-refractivity contribution is 7.18. The van der Waals surface area contributed by atoms with Gasteiger partial charge in [0.05, 0.1) is 0 Å². The first kappa shape index (κ1) is 11.2. The standard InChI is InChI=1S/C9H15N5OS/c1-11-8(15)6-7(10)13-9(16-6)14-4-2-12-3-5-14/h12H,2-5,10H2,1H3,(H,11,15). The maximum Gasteiger partial charge on any atom is 0.265 e. The zero-order valence-electron chi connectivity index (χ0n) is 9.12. The van der Waals surface area contributed by atoms with Gasteiger partial charge in [-0.1, -0.05) is 11.3 Å². The Kier molecular flexibility index (Phi) is 3.25. The van der Waals surface area contributed by atoms with E-state index in [1.54, 1.807) is 7.05 Å². The third-order valence-electron chi connectivity index (χ3n) is 2.46. The molecule has 0 saturated carbocycles. The van der Waals surface area contributed by atoms with E-state index in [1.807, 2.05) is 0 Å². The van der Waals surface area contributed by atoms with E-state index in [-0.39, 0.29) is 5.91 Å². The van der Waals surface area contributed by atoms with E-state index in [0.717, 1.165) is 31.3 Å². The third-order valence-corrected chi connectivity index (χ3v) is 3.59. The molecule has 1 saturated heterocycles. The number of carbonyl (C=O) groups is 1. The maximum absolute atomic E-state index is 11.5. The first-order valence-corrected chi connectivity index (χ1v) is 5.98. The van der Waals surface area contributed by atoms with Gasteiger partial charge in [0.25, 0.3) is 5.91 Å². The molecular weight excluding hydrogens is 226 g/mol. The number of nitrogens with zero attached hydrogens (tertiary/aromatic N) is 2. The molecule has 2 rings (SSSR count). The lowest BCUT2D eigenvalue weighted by molar-refractivity contribution is 0.0968. The highest BCUT2D eigenvalue weighted by atomic mass is 32.1. The van der Waals surface area contributed by atoms with Crippen LogP contribution in [0.15, 0.2) is 0 Å². The summed E-state index contributed by atoms with van der Waals surface area (Å²) >= 11 is 1.35. The fraction of sp³-hybridized carbons (Fsp3) is 0.556. The van der Waals surface area contributed by atoms with Gasteiger partial charge in [-0.3, -0.25) is 4.79 Å². The molecule has 4 N–H and O–H groups in total. The predicted octanol–water partition coefficient (Wildman–Crippen LogP) is -0.505. The van der Waals surface area contributed by atoms with Crippen LogP contribution < -0.4 is 21.3 Å². The minimum Gasteiger partial charge on any atom is -0.382 e. The van der Waals surface area contributed by atoms with E-state index in [0.29, 0.717) is 10.7 Å². The highest BCUT2D eigenvalue weighted by Gasteiger charge is 2.19. The zero-order chi connectivity index (χ0) is 11.5. The summed E-state index contributed by atoms with van der Waals surface area (Å²) in [5, 5.41) is 6.65. The van der Waals surface area contributed by atoms with E-state index >= 15 is 0 Å². The molecule has 6 nitrogen and oxygen atoms in total. The molecule has 0 aromatic carbocycles. The molecule has 1 aliphatic rings. The Bertz CT molecular complexity index is 385. The first-order valence-electron chi connectivity index (χ1n) is 5.16. The van der Waals surface area contributed by atoms with Gasteiger partial charge >= 0.3 is 0 Å². The number of piperazine rings is 1. The topological polar surface area (TPSA) is 83.3 Å². The molecule has 1 fully saturated rings. The van der Waals surface area contributed by atoms with E-state index < -0.39 is 0 Å². The van der Waals surface area contributed by atoms with Gasteiger partial charge in [-0.25, -0.2) is 4.98 Å². The lowest BCUT2D eigenvalue weighted by atomic mass is 10.4. The second kappa shape index (κ2) is 4.67. The largest absolute Gasteiger partial charge is 0.382 e. The van der Waals surface area contributed by atoms with E-state index in [9.17, 15) is 4.79 Å². The molecule has 0 atom stereocenters. The molecule has 0 bridgehead atoms. The molecule has 1 aromatic rings. The van der Waals surface area contributed by atoms with E-state index in [2.05, 4.69) is 20.5 Å². The molecular formula is C9H15N5OS. The summed E-state index contributed by atoms with van der Waals surface area (Å²) in [4.78, 5) is 18.4. The second-order valence-electron chi connectivity index (χ2n) is 3.53. The van der Waals surface area contributed by atoms with Crippen LogP contribution in [0.2, 0.25) is 0 Å². The van der Waals surface area contributed by atoms with Crippen molar-refractivity contribution in [1.82, 2.24) is 15.6 Å². The van der Waals surface area contributed by atoms with Gasteiger partial charge in [-0.05, 0) is 0 Å². The fourth-order valence-electron chi connectivity index (χ4n) is 1.59. The highest BCUT2D eigenvalue weighted by Crippen LogP contribution is 2.28. The van der Waals surface area contributed by atoms with Gasteiger partial charge in [-0.15, -0.1) is 0 Å². The zero-order valence-corrected chi connectivity index (χ0v) is 9.93. The summed E-state index contributed by atoms with van der Waals surface area (Å²) in [7, 11) is 1.59. The van der Waals surface area contributed by atoms with Gasteiger partial charge in [0.2, 0.25) is 0 Å². The number of carbonyl (C=O) groups excluding carboxylic acids is 1. The van der Waals surface area contributed by atoms with Crippen LogP contribution in [0, 0.1) is 0 Å². The number of anilines is 2. The Balaban J connectivity index is 2.19. The molecule has 2 heterocycles. The molecule has 1 amide bonds. The monoisotopic (exact) mass is 241 g/mol. The lowest BCUT2D eigenvalue weighted by Crippen LogP contribution is -2.43. The molecule has 7 heteroatoms. The maximum atomic E-state index is 11.5. The van der Waals surface area contributed by atoms with Crippen LogP contribution in [-0.4, -0.2) is 44.1 Å². The van der Waals surface area contributed by atoms with Crippen LogP contribution in [0.4, 0.5) is 10.9 Å². The average molecular weight is 241 g/mol. The van der Waals surface area contributed by atoms with Gasteiger partial charge in [0, 0.05) is 33.2 Å². The summed E-state index contributed by atoms with van der Waals surface area (Å²) in [6.45, 7) is 3.68. The van der Waals surface area contributed by atoms with Gasteiger partial charge in [0.15, 0.2) is 5.13 Å². The molecule has 0 unspecified atom stereocenters. The summed E-state index contributed by atoms with van der Waals surface area (Å²) in [6, 6.07) is 0. The Morgan fingerprint density at radius 2 is 2.25 bits per heavy atom. The summed E-state index contributed by atoms with van der Waals surface area (Å²) in [5.74, 6) is 0.147. The van der Waals surface area contributed by atoms with Gasteiger partial charge in [0.1, 0.15) is 10.7 Å². The van der Waals surface area contributed by atoms with Crippen molar-refractivity contribution in [2.45, 2.75) is 0 Å². The van der Waals surface area contributed by atoms with Crippen LogP contribution >= 0.6 is 11.3 Å². The summed E-state index contributed by atoms with van der Waals surface area (Å²) < 4.78 is 0. The smallest absolute Gasteiger partial charge is 0.265 e. The number of rotatable bonds is 2. The normalized spacial score (nSPS) is 16.2. The quantitative estimate of drug-likeness (QED) is 0.650. The molecule has 0 radical (unpaired) electrons. The summed E-state index contributed by atoms with van der Waals surface area (Å²) in [6.07, 6.45) is 0. The first-order chi connectivity index (χ1) is 7.72. The molecule has 16 heavy (non-hydrogen) atoms. The molecule has 1 aliphatic heterocycles. The Labute approximate surface area is 97.8 Å². The van der Waals surface area contributed by atoms with Crippen molar-refractivity contribution in [3.63, 3.8) is 0 Å². The van der Waals surface area contributed by atoms with Crippen molar-refractivity contribution < 1.29 is 4.79 Å². The SMILES string of the molecule is CNC(=O)c1sc(N2CCNCC2)nc1N. The second-order valence-corrected chi connectivity index (χ2v) is 4.50. The van der Waals surface area contributed by atoms with Gasteiger partial charge in [-0.2, -0.15) is 0 Å².